The van der Waals surface area contributed by atoms with Crippen LogP contribution in [0.1, 0.15) is 170 Å². The van der Waals surface area contributed by atoms with E-state index < -0.39 is 23.8 Å². The van der Waals surface area contributed by atoms with Crippen LogP contribution >= 0.6 is 45.3 Å². The third-order valence-electron chi connectivity index (χ3n) is 14.4. The summed E-state index contributed by atoms with van der Waals surface area (Å²) in [5, 5.41) is 19.7. The Morgan fingerprint density at radius 1 is 0.712 bits per heavy atom. The number of carbonyl (C=O) groups is 2. The second-order valence-corrected chi connectivity index (χ2v) is 23.9. The van der Waals surface area contributed by atoms with Gasteiger partial charge in [-0.1, -0.05) is 136 Å². The molecule has 1 atom stereocenters. The predicted octanol–water partition coefficient (Wildman–Crippen LogP) is 15.6. The number of aliphatic carboxylic acids is 1. The van der Waals surface area contributed by atoms with Gasteiger partial charge in [0.25, 0.3) is 12.0 Å². The van der Waals surface area contributed by atoms with Crippen LogP contribution in [0.5, 0.6) is 0 Å². The number of unbranched alkanes of at least 4 members (excludes halogenated alkanes) is 10. The summed E-state index contributed by atoms with van der Waals surface area (Å²) >= 11 is 6.48. The van der Waals surface area contributed by atoms with Crippen molar-refractivity contribution < 1.29 is 19.4 Å². The van der Waals surface area contributed by atoms with E-state index in [-0.39, 0.29) is 11.1 Å². The highest BCUT2D eigenvalue weighted by Crippen LogP contribution is 2.48. The van der Waals surface area contributed by atoms with E-state index in [0.717, 1.165) is 104 Å². The molecule has 0 bridgehead atoms. The molecule has 0 aliphatic carbocycles. The van der Waals surface area contributed by atoms with Crippen LogP contribution in [0.3, 0.4) is 0 Å². The van der Waals surface area contributed by atoms with E-state index in [4.69, 9.17) is 4.74 Å². The first-order valence-corrected chi connectivity index (χ1v) is 30.4. The molecule has 6 aromatic rings. The molecule has 12 heteroatoms. The molecule has 1 N–H and O–H groups in total. The van der Waals surface area contributed by atoms with Crippen molar-refractivity contribution in [3.05, 3.63) is 113 Å². The lowest BCUT2D eigenvalue weighted by molar-refractivity contribution is -0.132. The lowest BCUT2D eigenvalue weighted by Crippen LogP contribution is -2.33. The van der Waals surface area contributed by atoms with Gasteiger partial charge in [-0.15, -0.1) is 45.3 Å². The Kier molecular flexibility index (Phi) is 21.4. The number of hydrogen-bond acceptors (Lipinski definition) is 10. The number of aryl methyl sites for hydroxylation is 5. The number of anilines is 2. The normalized spacial score (nSPS) is 13.4. The fourth-order valence-corrected chi connectivity index (χ4v) is 15.2. The predicted molar refractivity (Wildman–Crippen MR) is 309 cm³/mol. The summed E-state index contributed by atoms with van der Waals surface area (Å²) in [5.74, 6) is -0.802. The first-order valence-electron chi connectivity index (χ1n) is 27.2. The largest absolute Gasteiger partial charge is 0.477 e. The summed E-state index contributed by atoms with van der Waals surface area (Å²) in [4.78, 5) is 47.3. The van der Waals surface area contributed by atoms with Gasteiger partial charge < -0.3 is 14.7 Å². The average molecular weight is 1060 g/mol. The van der Waals surface area contributed by atoms with Gasteiger partial charge in [-0.3, -0.25) is 14.2 Å². The molecule has 0 saturated carbocycles. The number of hydrogen-bond donors (Lipinski definition) is 1. The number of carboxylic acid groups (broad SMARTS) is 1. The summed E-state index contributed by atoms with van der Waals surface area (Å²) in [6.45, 7) is 12.2. The molecule has 0 saturated heterocycles. The van der Waals surface area contributed by atoms with Gasteiger partial charge in [0, 0.05) is 47.2 Å². The van der Waals surface area contributed by atoms with Crippen LogP contribution in [0.25, 0.3) is 41.6 Å². The third-order valence-corrected chi connectivity index (χ3v) is 19.4. The van der Waals surface area contributed by atoms with Crippen molar-refractivity contribution in [3.8, 4) is 36.0 Å². The molecule has 2 aromatic carbocycles. The first-order chi connectivity index (χ1) is 35.7. The third kappa shape index (κ3) is 14.0. The zero-order valence-corrected chi connectivity index (χ0v) is 47.1. The lowest BCUT2D eigenvalue weighted by Gasteiger charge is -2.31. The van der Waals surface area contributed by atoms with Crippen molar-refractivity contribution in [2.75, 3.05) is 11.4 Å². The number of thiophene rings is 3. The highest BCUT2D eigenvalue weighted by Gasteiger charge is 2.26. The van der Waals surface area contributed by atoms with Crippen molar-refractivity contribution in [1.82, 2.24) is 4.57 Å². The van der Waals surface area contributed by atoms with E-state index in [1.165, 1.54) is 128 Å². The number of rotatable bonds is 29. The number of nitriles is 1. The van der Waals surface area contributed by atoms with Crippen molar-refractivity contribution in [2.45, 2.75) is 176 Å². The number of nitrogens with zero attached hydrogens (tertiary/aromatic N) is 3. The van der Waals surface area contributed by atoms with Gasteiger partial charge >= 0.3 is 5.97 Å². The summed E-state index contributed by atoms with van der Waals surface area (Å²) in [5.41, 5.74) is 9.77. The minimum Gasteiger partial charge on any atom is -0.477 e. The van der Waals surface area contributed by atoms with Gasteiger partial charge in [0.05, 0.1) is 4.53 Å². The molecule has 4 aromatic heterocycles. The molecule has 1 unspecified atom stereocenters. The van der Waals surface area contributed by atoms with Crippen LogP contribution in [-0.4, -0.2) is 28.7 Å². The topological polar surface area (TPSA) is 113 Å². The van der Waals surface area contributed by atoms with E-state index in [1.807, 2.05) is 28.7 Å². The maximum Gasteiger partial charge on any atom is 0.349 e. The maximum atomic E-state index is 13.9. The van der Waals surface area contributed by atoms with Crippen LogP contribution in [0.15, 0.2) is 65.5 Å². The van der Waals surface area contributed by atoms with Crippen LogP contribution in [0.4, 0.5) is 11.4 Å². The van der Waals surface area contributed by atoms with E-state index in [9.17, 15) is 24.8 Å². The Hall–Kier alpha value is -5.06. The molecule has 0 radical (unpaired) electrons. The quantitative estimate of drug-likeness (QED) is 0.0368. The molecule has 5 heterocycles. The van der Waals surface area contributed by atoms with Crippen molar-refractivity contribution >= 4 is 80.8 Å². The second-order valence-electron chi connectivity index (χ2n) is 19.7. The van der Waals surface area contributed by atoms with Crippen LogP contribution in [0.2, 0.25) is 0 Å². The number of carbonyl (C=O) groups excluding carboxylic acids is 1. The Bertz CT molecular complexity index is 3020. The molecule has 7 rings (SSSR count). The SMILES string of the molecule is CCCCCCc1cc(-c2sc(-c3sc(-c4ccc5c(c4)CCc4ccccc4N5CC(CC)CCCC)cc3CCCCCC)cc2CCCCCC)sc1/C=c1/s/c(=C(\C#N)C(=O)O)n(COC=O)c1=O. The van der Waals surface area contributed by atoms with E-state index >= 15 is 0 Å². The molecule has 8 nitrogen and oxygen atoms in total. The van der Waals surface area contributed by atoms with E-state index in [1.54, 1.807) is 17.4 Å². The number of fused-ring (bicyclic) bond motifs is 2. The smallest absolute Gasteiger partial charge is 0.349 e. The number of ether oxygens (including phenoxy) is 1. The summed E-state index contributed by atoms with van der Waals surface area (Å²) in [6, 6.07) is 25.4. The second kappa shape index (κ2) is 28.0. The Balaban J connectivity index is 1.33. The standard InChI is InChI=1S/C61H75N3O5S4/c1-6-11-15-18-25-45-34-54(70-53(45)37-56-59(66)64(40-69-41-65)60(73-56)49(38-62)61(67)68)57-48(27-20-17-13-8-3)36-55(72-57)58-47(26-19-16-12-7-2)35-52(71-58)46-31-32-51-44(33-46)30-29-43-24-21-22-28-50(43)63(51)39-42(10-5)23-14-9-4/h21-22,24,28,31-37,41-42H,6-20,23,25-27,29-30,39-40H2,1-5H3,(H,67,68)/b56-37+,60-49+. The molecule has 73 heavy (non-hydrogen) atoms. The van der Waals surface area contributed by atoms with Crippen LogP contribution in [0, 0.1) is 17.2 Å². The molecule has 0 spiro atoms. The number of benzene rings is 2. The lowest BCUT2D eigenvalue weighted by atomic mass is 9.97. The van der Waals surface area contributed by atoms with Crippen molar-refractivity contribution in [1.29, 1.82) is 5.26 Å². The summed E-state index contributed by atoms with van der Waals surface area (Å²) in [7, 11) is 0. The van der Waals surface area contributed by atoms with Gasteiger partial charge in [0.15, 0.2) is 12.3 Å². The molecular weight excluding hydrogens is 983 g/mol. The number of para-hydroxylation sites is 1. The van der Waals surface area contributed by atoms with Gasteiger partial charge in [-0.2, -0.15) is 5.26 Å². The fraction of sp³-hybridized carbons (Fsp3) is 0.475. The number of carboxylic acids is 1. The Labute approximate surface area is 449 Å². The van der Waals surface area contributed by atoms with E-state index in [0.29, 0.717) is 10.5 Å². The highest BCUT2D eigenvalue weighted by molar-refractivity contribution is 7.27. The Morgan fingerprint density at radius 3 is 1.93 bits per heavy atom. The molecule has 1 aliphatic rings. The minimum atomic E-state index is -1.44. The highest BCUT2D eigenvalue weighted by atomic mass is 32.1. The fourth-order valence-electron chi connectivity index (χ4n) is 10.2. The van der Waals surface area contributed by atoms with Gasteiger partial charge in [0.1, 0.15) is 10.7 Å². The average Bonchev–Trinajstić information content (AvgIpc) is 4.17. The first kappa shape index (κ1) is 55.7. The number of thiazole rings is 1. The van der Waals surface area contributed by atoms with Crippen LogP contribution < -0.4 is 19.7 Å². The minimum absolute atomic E-state index is 0.0474. The Morgan fingerprint density at radius 2 is 1.30 bits per heavy atom. The monoisotopic (exact) mass is 1060 g/mol. The molecule has 1 aliphatic heterocycles. The summed E-state index contributed by atoms with van der Waals surface area (Å²) < 4.78 is 6.25. The van der Waals surface area contributed by atoms with Gasteiger partial charge in [0.2, 0.25) is 0 Å². The van der Waals surface area contributed by atoms with Crippen molar-refractivity contribution in [2.24, 2.45) is 5.92 Å². The van der Waals surface area contributed by atoms with Gasteiger partial charge in [-0.05, 0) is 140 Å². The summed E-state index contributed by atoms with van der Waals surface area (Å²) in [6.07, 6.45) is 25.6. The number of aromatic nitrogens is 1. The van der Waals surface area contributed by atoms with Crippen molar-refractivity contribution in [3.63, 3.8) is 0 Å². The zero-order chi connectivity index (χ0) is 51.7. The maximum absolute atomic E-state index is 13.9. The molecule has 0 amide bonds. The molecule has 388 valence electrons. The van der Waals surface area contributed by atoms with Gasteiger partial charge in [-0.25, -0.2) is 4.79 Å². The molecule has 0 fully saturated rings. The van der Waals surface area contributed by atoms with Crippen LogP contribution in [-0.2, 0) is 53.2 Å². The van der Waals surface area contributed by atoms with E-state index in [2.05, 4.69) is 100 Å². The molecular formula is C61H75N3O5S4. The zero-order valence-electron chi connectivity index (χ0n) is 43.8.